The van der Waals surface area contributed by atoms with Crippen LogP contribution in [0.25, 0.3) is 0 Å². The van der Waals surface area contributed by atoms with Crippen LogP contribution in [0, 0.1) is 5.41 Å². The highest BCUT2D eigenvalue weighted by Crippen LogP contribution is 2.21. The zero-order valence-electron chi connectivity index (χ0n) is 7.92. The Morgan fingerprint density at radius 1 is 1.50 bits per heavy atom. The van der Waals surface area contributed by atoms with Crippen LogP contribution in [0.3, 0.4) is 0 Å². The van der Waals surface area contributed by atoms with Gasteiger partial charge in [0.1, 0.15) is 0 Å². The Bertz CT molecular complexity index is 149. The first-order valence-electron chi connectivity index (χ1n) is 3.88. The van der Waals surface area contributed by atoms with E-state index < -0.39 is 5.41 Å². The molecule has 0 aliphatic heterocycles. The monoisotopic (exact) mass is 175 g/mol. The SMILES string of the molecule is COCCC(C)(CN)C(=O)OC. The molecule has 72 valence electrons. The molecule has 4 nitrogen and oxygen atoms in total. The van der Waals surface area contributed by atoms with E-state index in [2.05, 4.69) is 4.74 Å². The van der Waals surface area contributed by atoms with Crippen LogP contribution < -0.4 is 5.73 Å². The molecule has 4 heteroatoms. The quantitative estimate of drug-likeness (QED) is 0.605. The summed E-state index contributed by atoms with van der Waals surface area (Å²) in [6, 6.07) is 0. The second-order valence-corrected chi connectivity index (χ2v) is 3.00. The molecule has 0 aromatic rings. The molecule has 0 spiro atoms. The summed E-state index contributed by atoms with van der Waals surface area (Å²) < 4.78 is 9.50. The van der Waals surface area contributed by atoms with Crippen molar-refractivity contribution in [2.24, 2.45) is 11.1 Å². The molecule has 0 aromatic heterocycles. The molecule has 0 bridgehead atoms. The molecule has 0 saturated heterocycles. The first-order valence-corrected chi connectivity index (χ1v) is 3.88. The van der Waals surface area contributed by atoms with Crippen LogP contribution in [0.15, 0.2) is 0 Å². The zero-order valence-corrected chi connectivity index (χ0v) is 7.92. The maximum absolute atomic E-state index is 11.2. The van der Waals surface area contributed by atoms with E-state index in [4.69, 9.17) is 10.5 Å². The van der Waals surface area contributed by atoms with Gasteiger partial charge in [-0.1, -0.05) is 0 Å². The van der Waals surface area contributed by atoms with E-state index >= 15 is 0 Å². The second-order valence-electron chi connectivity index (χ2n) is 3.00. The van der Waals surface area contributed by atoms with Crippen LogP contribution in [0.4, 0.5) is 0 Å². The Morgan fingerprint density at radius 3 is 2.42 bits per heavy atom. The molecule has 1 unspecified atom stereocenters. The maximum Gasteiger partial charge on any atom is 0.312 e. The smallest absolute Gasteiger partial charge is 0.312 e. The van der Waals surface area contributed by atoms with Gasteiger partial charge in [0, 0.05) is 20.3 Å². The molecule has 0 amide bonds. The van der Waals surface area contributed by atoms with Crippen molar-refractivity contribution in [1.82, 2.24) is 0 Å². The fourth-order valence-corrected chi connectivity index (χ4v) is 0.861. The highest BCUT2D eigenvalue weighted by Gasteiger charge is 2.32. The lowest BCUT2D eigenvalue weighted by atomic mass is 9.87. The number of hydrogen-bond donors (Lipinski definition) is 1. The largest absolute Gasteiger partial charge is 0.469 e. The van der Waals surface area contributed by atoms with Gasteiger partial charge in [0.25, 0.3) is 0 Å². The average molecular weight is 175 g/mol. The van der Waals surface area contributed by atoms with E-state index in [9.17, 15) is 4.79 Å². The van der Waals surface area contributed by atoms with Crippen LogP contribution in [-0.2, 0) is 14.3 Å². The van der Waals surface area contributed by atoms with Crippen molar-refractivity contribution in [3.8, 4) is 0 Å². The van der Waals surface area contributed by atoms with Gasteiger partial charge in [-0.15, -0.1) is 0 Å². The number of esters is 1. The third-order valence-electron chi connectivity index (χ3n) is 1.99. The Labute approximate surface area is 73.0 Å². The van der Waals surface area contributed by atoms with E-state index in [1.165, 1.54) is 7.11 Å². The zero-order chi connectivity index (χ0) is 9.61. The van der Waals surface area contributed by atoms with Gasteiger partial charge in [-0.05, 0) is 13.3 Å². The van der Waals surface area contributed by atoms with Crippen molar-refractivity contribution in [2.45, 2.75) is 13.3 Å². The summed E-state index contributed by atoms with van der Waals surface area (Å²) in [5.41, 5.74) is 4.86. The summed E-state index contributed by atoms with van der Waals surface area (Å²) in [5, 5.41) is 0. The number of methoxy groups -OCH3 is 2. The van der Waals surface area contributed by atoms with Gasteiger partial charge in [-0.25, -0.2) is 0 Å². The summed E-state index contributed by atoms with van der Waals surface area (Å²) in [6.45, 7) is 2.57. The number of ether oxygens (including phenoxy) is 2. The number of carbonyl (C=O) groups excluding carboxylic acids is 1. The topological polar surface area (TPSA) is 61.5 Å². The van der Waals surface area contributed by atoms with Gasteiger partial charge in [-0.2, -0.15) is 0 Å². The van der Waals surface area contributed by atoms with Gasteiger partial charge >= 0.3 is 5.97 Å². The van der Waals surface area contributed by atoms with Crippen LogP contribution >= 0.6 is 0 Å². The van der Waals surface area contributed by atoms with Crippen LogP contribution in [0.5, 0.6) is 0 Å². The average Bonchev–Trinajstić information content (AvgIpc) is 2.12. The molecule has 12 heavy (non-hydrogen) atoms. The van der Waals surface area contributed by atoms with Crippen molar-refractivity contribution < 1.29 is 14.3 Å². The van der Waals surface area contributed by atoms with E-state index in [1.54, 1.807) is 14.0 Å². The molecule has 0 saturated carbocycles. The van der Waals surface area contributed by atoms with Gasteiger partial charge in [0.05, 0.1) is 12.5 Å². The predicted octanol–water partition coefficient (Wildman–Crippen LogP) is 0.161. The molecule has 0 radical (unpaired) electrons. The summed E-state index contributed by atoms with van der Waals surface area (Å²) in [6.07, 6.45) is 0.590. The fraction of sp³-hybridized carbons (Fsp3) is 0.875. The molecule has 1 atom stereocenters. The molecule has 0 aromatic carbocycles. The molecule has 0 aliphatic rings. The molecule has 0 aliphatic carbocycles. The van der Waals surface area contributed by atoms with Crippen molar-refractivity contribution in [3.05, 3.63) is 0 Å². The van der Waals surface area contributed by atoms with Crippen molar-refractivity contribution in [2.75, 3.05) is 27.4 Å². The molecule has 0 fully saturated rings. The minimum Gasteiger partial charge on any atom is -0.469 e. The lowest BCUT2D eigenvalue weighted by molar-refractivity contribution is -0.152. The number of hydrogen-bond acceptors (Lipinski definition) is 4. The highest BCUT2D eigenvalue weighted by molar-refractivity contribution is 5.76. The Kier molecular flexibility index (Phi) is 4.85. The van der Waals surface area contributed by atoms with E-state index in [0.717, 1.165) is 0 Å². The Morgan fingerprint density at radius 2 is 2.08 bits per heavy atom. The standard InChI is InChI=1S/C8H17NO3/c1-8(6-9,4-5-11-2)7(10)12-3/h4-6,9H2,1-3H3. The Balaban J connectivity index is 4.13. The van der Waals surface area contributed by atoms with Gasteiger partial charge < -0.3 is 15.2 Å². The molecule has 2 N–H and O–H groups in total. The number of carbonyl (C=O) groups is 1. The lowest BCUT2D eigenvalue weighted by Gasteiger charge is -2.23. The van der Waals surface area contributed by atoms with Gasteiger partial charge in [0.2, 0.25) is 0 Å². The molecular formula is C8H17NO3. The van der Waals surface area contributed by atoms with Gasteiger partial charge in [0.15, 0.2) is 0 Å². The third-order valence-corrected chi connectivity index (χ3v) is 1.99. The van der Waals surface area contributed by atoms with Crippen LogP contribution in [0.2, 0.25) is 0 Å². The fourth-order valence-electron chi connectivity index (χ4n) is 0.861. The van der Waals surface area contributed by atoms with Gasteiger partial charge in [-0.3, -0.25) is 4.79 Å². The number of rotatable bonds is 5. The second kappa shape index (κ2) is 5.11. The van der Waals surface area contributed by atoms with E-state index in [0.29, 0.717) is 13.0 Å². The van der Waals surface area contributed by atoms with Crippen molar-refractivity contribution >= 4 is 5.97 Å². The normalized spacial score (nSPS) is 15.3. The summed E-state index contributed by atoms with van der Waals surface area (Å²) in [7, 11) is 2.96. The van der Waals surface area contributed by atoms with E-state index in [-0.39, 0.29) is 12.5 Å². The first-order chi connectivity index (χ1) is 5.60. The molecular weight excluding hydrogens is 158 g/mol. The summed E-state index contributed by atoms with van der Waals surface area (Å²) >= 11 is 0. The van der Waals surface area contributed by atoms with Crippen molar-refractivity contribution in [3.63, 3.8) is 0 Å². The third kappa shape index (κ3) is 2.79. The summed E-state index contributed by atoms with van der Waals surface area (Å²) in [4.78, 5) is 11.2. The summed E-state index contributed by atoms with van der Waals surface area (Å²) in [5.74, 6) is -0.276. The number of nitrogens with two attached hydrogens (primary N) is 1. The first kappa shape index (κ1) is 11.4. The predicted molar refractivity (Wildman–Crippen MR) is 45.7 cm³/mol. The van der Waals surface area contributed by atoms with Crippen molar-refractivity contribution in [1.29, 1.82) is 0 Å². The molecule has 0 rings (SSSR count). The maximum atomic E-state index is 11.2. The van der Waals surface area contributed by atoms with E-state index in [1.807, 2.05) is 0 Å². The minimum atomic E-state index is -0.606. The highest BCUT2D eigenvalue weighted by atomic mass is 16.5. The van der Waals surface area contributed by atoms with Crippen LogP contribution in [0.1, 0.15) is 13.3 Å². The minimum absolute atomic E-state index is 0.276. The van der Waals surface area contributed by atoms with Crippen LogP contribution in [-0.4, -0.2) is 33.3 Å². The Hall–Kier alpha value is -0.610. The lowest BCUT2D eigenvalue weighted by Crippen LogP contribution is -2.37. The molecule has 0 heterocycles.